The Hall–Kier alpha value is -0.120. The van der Waals surface area contributed by atoms with E-state index < -0.39 is 0 Å². The minimum Gasteiger partial charge on any atom is -0.359 e. The highest BCUT2D eigenvalue weighted by Gasteiger charge is 2.25. The van der Waals surface area contributed by atoms with Gasteiger partial charge in [-0.1, -0.05) is 0 Å². The van der Waals surface area contributed by atoms with Crippen LogP contribution in [0.15, 0.2) is 0 Å². The van der Waals surface area contributed by atoms with Crippen LogP contribution in [-0.4, -0.2) is 37.4 Å². The van der Waals surface area contributed by atoms with Gasteiger partial charge in [-0.3, -0.25) is 4.90 Å². The summed E-state index contributed by atoms with van der Waals surface area (Å²) in [6, 6.07) is 0. The second-order valence-corrected chi connectivity index (χ2v) is 2.92. The fourth-order valence-electron chi connectivity index (χ4n) is 1.37. The molecule has 2 N–H and O–H groups in total. The molecule has 0 spiro atoms. The summed E-state index contributed by atoms with van der Waals surface area (Å²) in [5.41, 5.74) is 5.41. The highest BCUT2D eigenvalue weighted by atomic mass is 16.5. The summed E-state index contributed by atoms with van der Waals surface area (Å²) in [7, 11) is 2.07. The van der Waals surface area contributed by atoms with Crippen LogP contribution in [0.2, 0.25) is 0 Å². The van der Waals surface area contributed by atoms with Crippen LogP contribution in [0.3, 0.4) is 0 Å². The first-order valence-corrected chi connectivity index (χ1v) is 3.80. The molecule has 2 atom stereocenters. The van der Waals surface area contributed by atoms with Gasteiger partial charge in [-0.2, -0.15) is 0 Å². The van der Waals surface area contributed by atoms with Crippen molar-refractivity contribution in [2.75, 3.05) is 20.1 Å². The molecular formula is C7H16N2O. The molecular weight excluding hydrogens is 128 g/mol. The monoisotopic (exact) mass is 144 g/mol. The lowest BCUT2D eigenvalue weighted by Gasteiger charge is -2.16. The van der Waals surface area contributed by atoms with E-state index in [1.807, 2.05) is 0 Å². The fraction of sp³-hybridized carbons (Fsp3) is 1.00. The second-order valence-electron chi connectivity index (χ2n) is 2.92. The van der Waals surface area contributed by atoms with Crippen LogP contribution >= 0.6 is 0 Å². The lowest BCUT2D eigenvalue weighted by molar-refractivity contribution is 0.0108. The van der Waals surface area contributed by atoms with Gasteiger partial charge < -0.3 is 10.5 Å². The standard InChI is InChI=1S/C7H16N2O/c1-6-5-9(2)7(10-6)3-4-8/h6-7H,3-5,8H2,1-2H3. The van der Waals surface area contributed by atoms with Crippen LogP contribution in [0.4, 0.5) is 0 Å². The Bertz CT molecular complexity index is 108. The maximum Gasteiger partial charge on any atom is 0.112 e. The van der Waals surface area contributed by atoms with Gasteiger partial charge in [-0.15, -0.1) is 0 Å². The molecule has 1 aliphatic rings. The average Bonchev–Trinajstić information content (AvgIpc) is 2.13. The Morgan fingerprint density at radius 3 is 2.80 bits per heavy atom. The zero-order valence-electron chi connectivity index (χ0n) is 6.71. The maximum atomic E-state index is 5.56. The van der Waals surface area contributed by atoms with Gasteiger partial charge >= 0.3 is 0 Å². The summed E-state index contributed by atoms with van der Waals surface area (Å²) in [5, 5.41) is 0. The average molecular weight is 144 g/mol. The molecule has 0 aromatic heterocycles. The molecule has 0 aliphatic carbocycles. The normalized spacial score (nSPS) is 35.1. The lowest BCUT2D eigenvalue weighted by atomic mass is 10.3. The van der Waals surface area contributed by atoms with Gasteiger partial charge in [0.15, 0.2) is 0 Å². The number of nitrogens with zero attached hydrogens (tertiary/aromatic N) is 1. The smallest absolute Gasteiger partial charge is 0.112 e. The van der Waals surface area contributed by atoms with E-state index in [0.29, 0.717) is 12.6 Å². The molecule has 1 saturated heterocycles. The zero-order valence-corrected chi connectivity index (χ0v) is 6.71. The first kappa shape index (κ1) is 7.98. The van der Waals surface area contributed by atoms with E-state index in [1.54, 1.807) is 0 Å². The number of hydrogen-bond donors (Lipinski definition) is 1. The first-order valence-electron chi connectivity index (χ1n) is 3.80. The molecule has 0 bridgehead atoms. The van der Waals surface area contributed by atoms with Crippen LogP contribution in [0.1, 0.15) is 13.3 Å². The molecule has 0 aromatic carbocycles. The van der Waals surface area contributed by atoms with Gasteiger partial charge in [0.1, 0.15) is 6.23 Å². The van der Waals surface area contributed by atoms with Gasteiger partial charge in [0.2, 0.25) is 0 Å². The van der Waals surface area contributed by atoms with Gasteiger partial charge in [0, 0.05) is 6.54 Å². The Morgan fingerprint density at radius 1 is 1.70 bits per heavy atom. The minimum atomic E-state index is 0.264. The number of rotatable bonds is 2. The summed E-state index contributed by atoms with van der Waals surface area (Å²) in [4.78, 5) is 2.21. The molecule has 1 rings (SSSR count). The second kappa shape index (κ2) is 3.32. The molecule has 0 saturated carbocycles. The molecule has 0 amide bonds. The summed E-state index contributed by atoms with van der Waals surface area (Å²) in [6.07, 6.45) is 1.59. The molecule has 1 aliphatic heterocycles. The van der Waals surface area contributed by atoms with Crippen LogP contribution in [0, 0.1) is 0 Å². The number of ether oxygens (including phenoxy) is 1. The Balaban J connectivity index is 2.31. The summed E-state index contributed by atoms with van der Waals surface area (Å²) < 4.78 is 5.56. The van der Waals surface area contributed by atoms with Crippen molar-refractivity contribution in [3.8, 4) is 0 Å². The highest BCUT2D eigenvalue weighted by molar-refractivity contribution is 4.71. The van der Waals surface area contributed by atoms with E-state index in [1.165, 1.54) is 0 Å². The molecule has 2 unspecified atom stereocenters. The molecule has 10 heavy (non-hydrogen) atoms. The third-order valence-corrected chi connectivity index (χ3v) is 1.84. The van der Waals surface area contributed by atoms with Gasteiger partial charge in [-0.05, 0) is 26.9 Å². The van der Waals surface area contributed by atoms with Crippen LogP contribution in [0.25, 0.3) is 0 Å². The largest absolute Gasteiger partial charge is 0.359 e. The Morgan fingerprint density at radius 2 is 2.40 bits per heavy atom. The van der Waals surface area contributed by atoms with E-state index in [9.17, 15) is 0 Å². The van der Waals surface area contributed by atoms with Crippen molar-refractivity contribution in [2.24, 2.45) is 5.73 Å². The Kier molecular flexibility index (Phi) is 2.65. The fourth-order valence-corrected chi connectivity index (χ4v) is 1.37. The minimum absolute atomic E-state index is 0.264. The predicted molar refractivity (Wildman–Crippen MR) is 40.6 cm³/mol. The van der Waals surface area contributed by atoms with Crippen molar-refractivity contribution in [1.29, 1.82) is 0 Å². The quantitative estimate of drug-likeness (QED) is 0.593. The van der Waals surface area contributed by atoms with Crippen LogP contribution < -0.4 is 5.73 Å². The lowest BCUT2D eigenvalue weighted by Crippen LogP contribution is -2.28. The third kappa shape index (κ3) is 1.68. The summed E-state index contributed by atoms with van der Waals surface area (Å²) in [6.45, 7) is 3.83. The Labute approximate surface area is 62.1 Å². The van der Waals surface area contributed by atoms with E-state index in [2.05, 4.69) is 18.9 Å². The zero-order chi connectivity index (χ0) is 7.56. The van der Waals surface area contributed by atoms with Gasteiger partial charge in [0.25, 0.3) is 0 Å². The molecule has 1 heterocycles. The SMILES string of the molecule is CC1CN(C)C(CCN)O1. The number of nitrogens with two attached hydrogens (primary N) is 1. The maximum absolute atomic E-state index is 5.56. The third-order valence-electron chi connectivity index (χ3n) is 1.84. The molecule has 0 radical (unpaired) electrons. The number of hydrogen-bond acceptors (Lipinski definition) is 3. The topological polar surface area (TPSA) is 38.5 Å². The molecule has 60 valence electrons. The van der Waals surface area contributed by atoms with Gasteiger partial charge in [-0.25, -0.2) is 0 Å². The van der Waals surface area contributed by atoms with Crippen molar-refractivity contribution in [2.45, 2.75) is 25.7 Å². The van der Waals surface area contributed by atoms with Crippen LogP contribution in [-0.2, 0) is 4.74 Å². The van der Waals surface area contributed by atoms with E-state index >= 15 is 0 Å². The van der Waals surface area contributed by atoms with E-state index in [-0.39, 0.29) is 6.23 Å². The predicted octanol–water partition coefficient (Wildman–Crippen LogP) is 0.0118. The van der Waals surface area contributed by atoms with E-state index in [4.69, 9.17) is 10.5 Å². The van der Waals surface area contributed by atoms with Crippen molar-refractivity contribution in [3.63, 3.8) is 0 Å². The molecule has 0 aromatic rings. The highest BCUT2D eigenvalue weighted by Crippen LogP contribution is 2.15. The number of likely N-dealkylation sites (N-methyl/N-ethyl adjacent to an activating group) is 1. The van der Waals surface area contributed by atoms with Crippen molar-refractivity contribution < 1.29 is 4.74 Å². The molecule has 3 heteroatoms. The van der Waals surface area contributed by atoms with Crippen molar-refractivity contribution in [3.05, 3.63) is 0 Å². The van der Waals surface area contributed by atoms with Gasteiger partial charge in [0.05, 0.1) is 6.10 Å². The summed E-state index contributed by atoms with van der Waals surface area (Å²) >= 11 is 0. The van der Waals surface area contributed by atoms with E-state index in [0.717, 1.165) is 13.0 Å². The molecule has 1 fully saturated rings. The van der Waals surface area contributed by atoms with Crippen LogP contribution in [0.5, 0.6) is 0 Å². The summed E-state index contributed by atoms with van der Waals surface area (Å²) in [5.74, 6) is 0. The van der Waals surface area contributed by atoms with Crippen molar-refractivity contribution >= 4 is 0 Å². The molecule has 3 nitrogen and oxygen atoms in total. The first-order chi connectivity index (χ1) is 4.74. The van der Waals surface area contributed by atoms with Crippen molar-refractivity contribution in [1.82, 2.24) is 4.90 Å².